The van der Waals surface area contributed by atoms with E-state index >= 15 is 0 Å². The topological polar surface area (TPSA) is 58.1 Å². The Labute approximate surface area is 134 Å². The van der Waals surface area contributed by atoms with Crippen molar-refractivity contribution in [3.05, 3.63) is 40.3 Å². The van der Waals surface area contributed by atoms with Crippen LogP contribution >= 0.6 is 11.3 Å². The molecule has 1 N–H and O–H groups in total. The van der Waals surface area contributed by atoms with Gasteiger partial charge in [-0.3, -0.25) is 4.79 Å². The molecular weight excluding hydrogens is 296 g/mol. The smallest absolute Gasteiger partial charge is 0.224 e. The summed E-state index contributed by atoms with van der Waals surface area (Å²) in [4.78, 5) is 24.2. The van der Waals surface area contributed by atoms with Gasteiger partial charge in [0.15, 0.2) is 0 Å². The summed E-state index contributed by atoms with van der Waals surface area (Å²) in [7, 11) is 0. The highest BCUT2D eigenvalue weighted by Crippen LogP contribution is 2.35. The number of carbonyl (C=O) groups excluding carboxylic acids is 1. The number of nitrogens with zero attached hydrogens (tertiary/aromatic N) is 3. The molecule has 3 heterocycles. The number of anilines is 1. The van der Waals surface area contributed by atoms with E-state index in [0.29, 0.717) is 18.9 Å². The third kappa shape index (κ3) is 3.11. The zero-order valence-electron chi connectivity index (χ0n) is 12.7. The molecule has 2 aromatic heterocycles. The third-order valence-electron chi connectivity index (χ3n) is 3.99. The molecule has 3 rings (SSSR count). The van der Waals surface area contributed by atoms with Crippen LogP contribution in [0.1, 0.15) is 36.2 Å². The summed E-state index contributed by atoms with van der Waals surface area (Å²) in [5.74, 6) is 0.772. The van der Waals surface area contributed by atoms with Crippen LogP contribution in [0.25, 0.3) is 0 Å². The van der Waals surface area contributed by atoms with Gasteiger partial charge < -0.3 is 10.2 Å². The maximum atomic E-state index is 12.5. The molecule has 0 aromatic carbocycles. The molecule has 22 heavy (non-hydrogen) atoms. The molecule has 2 aromatic rings. The molecule has 0 fully saturated rings. The van der Waals surface area contributed by atoms with Gasteiger partial charge >= 0.3 is 0 Å². The fraction of sp³-hybridized carbons (Fsp3) is 0.438. The lowest BCUT2D eigenvalue weighted by atomic mass is 9.97. The Morgan fingerprint density at radius 2 is 2.27 bits per heavy atom. The Balaban J connectivity index is 1.58. The van der Waals surface area contributed by atoms with Gasteiger partial charge in [-0.1, -0.05) is 6.92 Å². The molecule has 1 aliphatic heterocycles. The van der Waals surface area contributed by atoms with E-state index in [-0.39, 0.29) is 11.9 Å². The first kappa shape index (κ1) is 15.0. The van der Waals surface area contributed by atoms with Gasteiger partial charge in [-0.15, -0.1) is 11.3 Å². The fourth-order valence-corrected chi connectivity index (χ4v) is 3.88. The predicted molar refractivity (Wildman–Crippen MR) is 87.9 cm³/mol. The minimum absolute atomic E-state index is 0.201. The van der Waals surface area contributed by atoms with Crippen LogP contribution in [0, 0.1) is 0 Å². The van der Waals surface area contributed by atoms with Gasteiger partial charge in [0.1, 0.15) is 0 Å². The standard InChI is InChI=1S/C16H20N4OS/c1-2-13-12-6-11-22-14(12)5-10-20(13)15(21)4-9-19-16-17-7-3-8-18-16/h3,6-8,11,13H,2,4-5,9-10H2,1H3,(H,17,18,19)/t13-/m1/s1. The summed E-state index contributed by atoms with van der Waals surface area (Å²) < 4.78 is 0. The van der Waals surface area contributed by atoms with E-state index in [1.165, 1.54) is 10.4 Å². The summed E-state index contributed by atoms with van der Waals surface area (Å²) in [6.07, 6.45) is 5.78. The summed E-state index contributed by atoms with van der Waals surface area (Å²) in [5, 5.41) is 5.23. The molecule has 6 heteroatoms. The maximum absolute atomic E-state index is 12.5. The molecule has 1 aliphatic rings. The number of fused-ring (bicyclic) bond motifs is 1. The molecule has 0 saturated heterocycles. The largest absolute Gasteiger partial charge is 0.354 e. The molecule has 1 amide bonds. The molecule has 0 bridgehead atoms. The number of hydrogen-bond acceptors (Lipinski definition) is 5. The lowest BCUT2D eigenvalue weighted by molar-refractivity contribution is -0.133. The second-order valence-electron chi connectivity index (χ2n) is 5.31. The Bertz CT molecular complexity index is 628. The van der Waals surface area contributed by atoms with Gasteiger partial charge in [-0.25, -0.2) is 9.97 Å². The first-order chi connectivity index (χ1) is 10.8. The van der Waals surface area contributed by atoms with E-state index in [4.69, 9.17) is 0 Å². The highest BCUT2D eigenvalue weighted by Gasteiger charge is 2.29. The second-order valence-corrected chi connectivity index (χ2v) is 6.31. The molecule has 116 valence electrons. The average molecular weight is 316 g/mol. The number of amides is 1. The number of rotatable bonds is 5. The quantitative estimate of drug-likeness (QED) is 0.921. The lowest BCUT2D eigenvalue weighted by Crippen LogP contribution is -2.39. The minimum atomic E-state index is 0.201. The van der Waals surface area contributed by atoms with Crippen molar-refractivity contribution in [2.75, 3.05) is 18.4 Å². The summed E-state index contributed by atoms with van der Waals surface area (Å²) in [6.45, 7) is 3.53. The van der Waals surface area contributed by atoms with Crippen LogP contribution in [-0.4, -0.2) is 33.9 Å². The van der Waals surface area contributed by atoms with E-state index in [0.717, 1.165) is 19.4 Å². The van der Waals surface area contributed by atoms with Crippen LogP contribution in [0.5, 0.6) is 0 Å². The third-order valence-corrected chi connectivity index (χ3v) is 4.99. The van der Waals surface area contributed by atoms with Crippen LogP contribution in [-0.2, 0) is 11.2 Å². The summed E-state index contributed by atoms with van der Waals surface area (Å²) in [6, 6.07) is 4.17. The zero-order chi connectivity index (χ0) is 15.4. The van der Waals surface area contributed by atoms with E-state index in [2.05, 4.69) is 33.7 Å². The zero-order valence-corrected chi connectivity index (χ0v) is 13.5. The number of hydrogen-bond donors (Lipinski definition) is 1. The fourth-order valence-electron chi connectivity index (χ4n) is 2.95. The van der Waals surface area contributed by atoms with Gasteiger partial charge in [0.05, 0.1) is 6.04 Å². The van der Waals surface area contributed by atoms with Gasteiger partial charge in [-0.05, 0) is 35.9 Å². The summed E-state index contributed by atoms with van der Waals surface area (Å²) in [5.41, 5.74) is 1.34. The van der Waals surface area contributed by atoms with Gasteiger partial charge in [-0.2, -0.15) is 0 Å². The van der Waals surface area contributed by atoms with E-state index in [1.54, 1.807) is 29.8 Å². The first-order valence-electron chi connectivity index (χ1n) is 7.66. The highest BCUT2D eigenvalue weighted by molar-refractivity contribution is 7.10. The van der Waals surface area contributed by atoms with Gasteiger partial charge in [0.25, 0.3) is 0 Å². The van der Waals surface area contributed by atoms with Crippen molar-refractivity contribution < 1.29 is 4.79 Å². The first-order valence-corrected chi connectivity index (χ1v) is 8.54. The molecule has 5 nitrogen and oxygen atoms in total. The Hall–Kier alpha value is -1.95. The van der Waals surface area contributed by atoms with Crippen molar-refractivity contribution in [2.24, 2.45) is 0 Å². The maximum Gasteiger partial charge on any atom is 0.224 e. The second kappa shape index (κ2) is 6.87. The van der Waals surface area contributed by atoms with Gasteiger partial charge in [0.2, 0.25) is 11.9 Å². The van der Waals surface area contributed by atoms with E-state index in [1.807, 2.05) is 4.90 Å². The van der Waals surface area contributed by atoms with Crippen molar-refractivity contribution >= 4 is 23.2 Å². The molecule has 0 aliphatic carbocycles. The van der Waals surface area contributed by atoms with Crippen LogP contribution in [0.4, 0.5) is 5.95 Å². The van der Waals surface area contributed by atoms with Crippen LogP contribution in [0.15, 0.2) is 29.9 Å². The normalized spacial score (nSPS) is 17.1. The number of nitrogens with one attached hydrogen (secondary N) is 1. The molecule has 0 saturated carbocycles. The molecule has 1 atom stereocenters. The van der Waals surface area contributed by atoms with Crippen LogP contribution in [0.3, 0.4) is 0 Å². The Kier molecular flexibility index (Phi) is 4.68. The molecule has 0 unspecified atom stereocenters. The number of aromatic nitrogens is 2. The van der Waals surface area contributed by atoms with Gasteiger partial charge in [0, 0.05) is 36.8 Å². The monoisotopic (exact) mass is 316 g/mol. The van der Waals surface area contributed by atoms with E-state index < -0.39 is 0 Å². The minimum Gasteiger partial charge on any atom is -0.354 e. The van der Waals surface area contributed by atoms with Crippen LogP contribution < -0.4 is 5.32 Å². The van der Waals surface area contributed by atoms with E-state index in [9.17, 15) is 4.79 Å². The molecule has 0 radical (unpaired) electrons. The van der Waals surface area contributed by atoms with Crippen molar-refractivity contribution in [1.82, 2.24) is 14.9 Å². The number of carbonyl (C=O) groups is 1. The van der Waals surface area contributed by atoms with Crippen LogP contribution in [0.2, 0.25) is 0 Å². The number of thiophene rings is 1. The average Bonchev–Trinajstić information content (AvgIpc) is 3.03. The van der Waals surface area contributed by atoms with Crippen molar-refractivity contribution in [2.45, 2.75) is 32.2 Å². The highest BCUT2D eigenvalue weighted by atomic mass is 32.1. The van der Waals surface area contributed by atoms with Crippen molar-refractivity contribution in [1.29, 1.82) is 0 Å². The summed E-state index contributed by atoms with van der Waals surface area (Å²) >= 11 is 1.81. The Morgan fingerprint density at radius 1 is 1.45 bits per heavy atom. The molecular formula is C16H20N4OS. The molecule has 0 spiro atoms. The Morgan fingerprint density at radius 3 is 3.05 bits per heavy atom. The van der Waals surface area contributed by atoms with Crippen molar-refractivity contribution in [3.8, 4) is 0 Å². The van der Waals surface area contributed by atoms with Crippen molar-refractivity contribution in [3.63, 3.8) is 0 Å². The lowest BCUT2D eigenvalue weighted by Gasteiger charge is -2.35. The SMILES string of the molecule is CC[C@@H]1c2ccsc2CCN1C(=O)CCNc1ncccn1. The predicted octanol–water partition coefficient (Wildman–Crippen LogP) is 2.88.